The van der Waals surface area contributed by atoms with Crippen LogP contribution in [-0.2, 0) is 0 Å². The molecule has 0 saturated carbocycles. The zero-order valence-corrected chi connectivity index (χ0v) is 6.89. The van der Waals surface area contributed by atoms with Crippen LogP contribution in [0.4, 0.5) is 48.3 Å². The lowest BCUT2D eigenvalue weighted by Crippen LogP contribution is -2.38. The van der Waals surface area contributed by atoms with E-state index in [1.54, 1.807) is 0 Å². The third kappa shape index (κ3) is 8.53. The number of hydrogen-bond acceptors (Lipinski definition) is 0. The minimum atomic E-state index is -5.85. The summed E-state index contributed by atoms with van der Waals surface area (Å²) in [5.41, 5.74) is 0. The monoisotopic (exact) mass is 272 g/mol. The molecule has 0 amide bonds. The van der Waals surface area contributed by atoms with Gasteiger partial charge < -0.3 is 0 Å². The molecule has 0 aliphatic rings. The first-order chi connectivity index (χ1) is 6.80. The van der Waals surface area contributed by atoms with Gasteiger partial charge in [0.2, 0.25) is 0 Å². The first-order valence-electron chi connectivity index (χ1n) is 3.14. The Morgan fingerprint density at radius 3 is 0.688 bits per heavy atom. The lowest BCUT2D eigenvalue weighted by Gasteiger charge is -2.14. The van der Waals surface area contributed by atoms with E-state index in [9.17, 15) is 48.3 Å². The van der Waals surface area contributed by atoms with Crippen LogP contribution in [0.5, 0.6) is 0 Å². The lowest BCUT2D eigenvalue weighted by molar-refractivity contribution is -0.285. The van der Waals surface area contributed by atoms with Crippen LogP contribution in [0.1, 0.15) is 0 Å². The minimum absolute atomic E-state index is 3.48. The molecule has 100 valence electrons. The Morgan fingerprint density at radius 2 is 0.688 bits per heavy atom. The summed E-state index contributed by atoms with van der Waals surface area (Å²) in [6.45, 7) is 0. The fourth-order valence-corrected chi connectivity index (χ4v) is 0.186. The molecule has 0 saturated heterocycles. The van der Waals surface area contributed by atoms with Crippen molar-refractivity contribution in [2.24, 2.45) is 0 Å². The van der Waals surface area contributed by atoms with Crippen LogP contribution < -0.4 is 0 Å². The van der Waals surface area contributed by atoms with E-state index in [2.05, 4.69) is 0 Å². The van der Waals surface area contributed by atoms with E-state index in [0.717, 1.165) is 0 Å². The van der Waals surface area contributed by atoms with Gasteiger partial charge in [-0.25, -0.2) is 22.0 Å². The summed E-state index contributed by atoms with van der Waals surface area (Å²) >= 11 is 0. The summed E-state index contributed by atoms with van der Waals surface area (Å²) in [7, 11) is 0. The second-order valence-corrected chi connectivity index (χ2v) is 2.11. The Morgan fingerprint density at radius 1 is 0.500 bits per heavy atom. The average Bonchev–Trinajstić information content (AvgIpc) is 2.00. The highest BCUT2D eigenvalue weighted by Gasteiger charge is 2.57. The van der Waals surface area contributed by atoms with Crippen molar-refractivity contribution in [1.29, 1.82) is 0 Å². The Hall–Kier alpha value is -0.770. The Bertz CT molecular complexity index is 156. The molecule has 0 nitrogen and oxygen atoms in total. The van der Waals surface area contributed by atoms with Gasteiger partial charge in [-0.3, -0.25) is 0 Å². The van der Waals surface area contributed by atoms with Crippen molar-refractivity contribution in [2.45, 2.75) is 31.4 Å². The zero-order chi connectivity index (χ0) is 13.7. The average molecular weight is 272 g/mol. The van der Waals surface area contributed by atoms with Crippen molar-refractivity contribution >= 4 is 0 Å². The summed E-state index contributed by atoms with van der Waals surface area (Å²) in [6, 6.07) is 0. The van der Waals surface area contributed by atoms with Crippen LogP contribution in [0, 0.1) is 0 Å². The van der Waals surface area contributed by atoms with E-state index in [-0.39, 0.29) is 0 Å². The molecule has 0 fully saturated rings. The number of halogens is 11. The minimum Gasteiger partial charge on any atom is -0.227 e. The van der Waals surface area contributed by atoms with E-state index in [1.807, 2.05) is 0 Å². The van der Waals surface area contributed by atoms with Crippen LogP contribution in [0.3, 0.4) is 0 Å². The van der Waals surface area contributed by atoms with Crippen molar-refractivity contribution < 1.29 is 48.3 Å². The van der Waals surface area contributed by atoms with Crippen molar-refractivity contribution in [2.75, 3.05) is 0 Å². The van der Waals surface area contributed by atoms with Gasteiger partial charge in [0.05, 0.1) is 0 Å². The van der Waals surface area contributed by atoms with E-state index < -0.39 is 31.4 Å². The van der Waals surface area contributed by atoms with E-state index in [4.69, 9.17) is 0 Å². The van der Waals surface area contributed by atoms with Crippen LogP contribution >= 0.6 is 0 Å². The van der Waals surface area contributed by atoms with Gasteiger partial charge in [-0.15, -0.1) is 0 Å². The molecule has 0 aromatic carbocycles. The third-order valence-electron chi connectivity index (χ3n) is 0.765. The summed E-state index contributed by atoms with van der Waals surface area (Å²) < 4.78 is 118. The maximum absolute atomic E-state index is 11.2. The molecule has 0 aromatic rings. The summed E-state index contributed by atoms with van der Waals surface area (Å²) in [5.74, 6) is 0. The van der Waals surface area contributed by atoms with E-state index >= 15 is 0 Å². The summed E-state index contributed by atoms with van der Waals surface area (Å²) in [4.78, 5) is 0. The predicted molar refractivity (Wildman–Crippen MR) is 29.0 cm³/mol. The fourth-order valence-electron chi connectivity index (χ4n) is 0.186. The lowest BCUT2D eigenvalue weighted by atomic mass is 10.4. The molecule has 0 aliphatic carbocycles. The van der Waals surface area contributed by atoms with Crippen molar-refractivity contribution in [3.05, 3.63) is 0 Å². The van der Waals surface area contributed by atoms with Gasteiger partial charge >= 0.3 is 12.4 Å². The largest absolute Gasteiger partial charge is 0.428 e. The molecule has 0 unspecified atom stereocenters. The van der Waals surface area contributed by atoms with Crippen molar-refractivity contribution in [3.63, 3.8) is 0 Å². The van der Waals surface area contributed by atoms with Crippen LogP contribution in [0.15, 0.2) is 0 Å². The molecular weight excluding hydrogens is 269 g/mol. The summed E-state index contributed by atoms with van der Waals surface area (Å²) in [6.07, 6.45) is -23.4. The Kier molecular flexibility index (Phi) is 6.70. The molecule has 0 atom stereocenters. The summed E-state index contributed by atoms with van der Waals surface area (Å²) in [5, 5.41) is 0. The number of alkyl halides is 11. The first-order valence-corrected chi connectivity index (χ1v) is 3.14. The molecule has 0 spiro atoms. The quantitative estimate of drug-likeness (QED) is 0.634. The smallest absolute Gasteiger partial charge is 0.227 e. The normalized spacial score (nSPS) is 13.1. The standard InChI is InChI=1S/C3HF7.C2H2F4/c4-1(2(5,6)7)3(8,9)10;3-1(4)2(5)6/h1H;1-2H. The highest BCUT2D eigenvalue weighted by atomic mass is 19.4. The first kappa shape index (κ1) is 17.6. The molecule has 0 radical (unpaired) electrons. The van der Waals surface area contributed by atoms with Gasteiger partial charge in [0, 0.05) is 0 Å². The molecule has 11 heteroatoms. The van der Waals surface area contributed by atoms with E-state index in [0.29, 0.717) is 0 Å². The van der Waals surface area contributed by atoms with Gasteiger partial charge in [-0.1, -0.05) is 0 Å². The molecule has 0 bridgehead atoms. The van der Waals surface area contributed by atoms with Crippen molar-refractivity contribution in [3.8, 4) is 0 Å². The zero-order valence-electron chi connectivity index (χ0n) is 6.89. The number of hydrogen-bond donors (Lipinski definition) is 0. The highest BCUT2D eigenvalue weighted by Crippen LogP contribution is 2.35. The molecule has 0 aliphatic heterocycles. The van der Waals surface area contributed by atoms with Crippen LogP contribution in [0.2, 0.25) is 0 Å². The van der Waals surface area contributed by atoms with Gasteiger partial charge in [0.15, 0.2) is 0 Å². The van der Waals surface area contributed by atoms with Crippen molar-refractivity contribution in [1.82, 2.24) is 0 Å². The fraction of sp³-hybridized carbons (Fsp3) is 1.00. The molecule has 16 heavy (non-hydrogen) atoms. The third-order valence-corrected chi connectivity index (χ3v) is 0.765. The van der Waals surface area contributed by atoms with E-state index in [1.165, 1.54) is 0 Å². The van der Waals surface area contributed by atoms with Gasteiger partial charge in [-0.2, -0.15) is 26.3 Å². The maximum atomic E-state index is 11.2. The topological polar surface area (TPSA) is 0 Å². The maximum Gasteiger partial charge on any atom is 0.428 e. The van der Waals surface area contributed by atoms with Gasteiger partial charge in [0.25, 0.3) is 19.0 Å². The second-order valence-electron chi connectivity index (χ2n) is 2.11. The predicted octanol–water partition coefficient (Wildman–Crippen LogP) is 3.97. The second kappa shape index (κ2) is 6.09. The molecule has 0 heterocycles. The Labute approximate surface area is 81.0 Å². The molecule has 0 aromatic heterocycles. The molecule has 0 N–H and O–H groups in total. The van der Waals surface area contributed by atoms with Crippen LogP contribution in [0.25, 0.3) is 0 Å². The van der Waals surface area contributed by atoms with Gasteiger partial charge in [0.1, 0.15) is 0 Å². The van der Waals surface area contributed by atoms with Crippen LogP contribution in [-0.4, -0.2) is 31.4 Å². The van der Waals surface area contributed by atoms with Gasteiger partial charge in [-0.05, 0) is 0 Å². The Balaban J connectivity index is 0. The molecular formula is C5H3F11. The SMILES string of the molecule is FC(C(F)(F)F)C(F)(F)F.FC(F)C(F)F. The number of rotatable bonds is 1. The highest BCUT2D eigenvalue weighted by molar-refractivity contribution is 4.73. The molecule has 0 rings (SSSR count).